The molecule has 162 valence electrons. The van der Waals surface area contributed by atoms with Crippen molar-refractivity contribution in [2.24, 2.45) is 0 Å². The summed E-state index contributed by atoms with van der Waals surface area (Å²) >= 11 is 1.13. The number of fused-ring (bicyclic) bond motifs is 1. The number of hydrogen-bond acceptors (Lipinski definition) is 5. The Morgan fingerprint density at radius 3 is 2.77 bits per heavy atom. The van der Waals surface area contributed by atoms with E-state index in [0.29, 0.717) is 16.5 Å². The van der Waals surface area contributed by atoms with E-state index < -0.39 is 21.8 Å². The Hall–Kier alpha value is -2.98. The number of aromatic nitrogens is 3. The largest absolute Gasteiger partial charge is 0.481 e. The number of aliphatic carboxylic acids is 1. The van der Waals surface area contributed by atoms with E-state index >= 15 is 0 Å². The predicted molar refractivity (Wildman–Crippen MR) is 116 cm³/mol. The fourth-order valence-corrected chi connectivity index (χ4v) is 6.19. The molecule has 0 aliphatic carbocycles. The van der Waals surface area contributed by atoms with Crippen molar-refractivity contribution in [1.29, 1.82) is 0 Å². The molecule has 10 heteroatoms. The standard InChI is InChI=1S/C21H20FN3O4S2/c1-2-9-24-12-15(11-23-24)19-6-8-21(30-19)31(28,29)25-13-14(3-7-20(26)27)17-10-16(22)4-5-18(17)25/h4-6,8,10-13H,2-3,7,9H2,1H3,(H,26,27). The van der Waals surface area contributed by atoms with Gasteiger partial charge in [0, 0.05) is 41.2 Å². The molecule has 4 aromatic rings. The minimum Gasteiger partial charge on any atom is -0.481 e. The molecule has 7 nitrogen and oxygen atoms in total. The average molecular weight is 462 g/mol. The molecule has 0 fully saturated rings. The molecule has 0 amide bonds. The highest BCUT2D eigenvalue weighted by Crippen LogP contribution is 2.34. The number of rotatable bonds is 8. The molecule has 0 saturated carbocycles. The summed E-state index contributed by atoms with van der Waals surface area (Å²) in [6, 6.07) is 7.11. The van der Waals surface area contributed by atoms with E-state index in [9.17, 15) is 17.6 Å². The molecule has 0 aliphatic heterocycles. The van der Waals surface area contributed by atoms with Crippen molar-refractivity contribution in [3.05, 3.63) is 60.3 Å². The number of carbonyl (C=O) groups is 1. The second kappa shape index (κ2) is 8.27. The summed E-state index contributed by atoms with van der Waals surface area (Å²) in [5, 5.41) is 13.7. The van der Waals surface area contributed by atoms with Gasteiger partial charge in [-0.3, -0.25) is 9.48 Å². The molecule has 0 saturated heterocycles. The molecular formula is C21H20FN3O4S2. The number of thiophene rings is 1. The molecule has 0 radical (unpaired) electrons. The lowest BCUT2D eigenvalue weighted by Gasteiger charge is -2.05. The van der Waals surface area contributed by atoms with E-state index in [2.05, 4.69) is 12.0 Å². The zero-order valence-electron chi connectivity index (χ0n) is 16.7. The number of carboxylic acids is 1. The zero-order valence-corrected chi connectivity index (χ0v) is 18.3. The molecule has 3 aromatic heterocycles. The molecule has 1 N–H and O–H groups in total. The number of aryl methyl sites for hydroxylation is 2. The second-order valence-electron chi connectivity index (χ2n) is 7.12. The van der Waals surface area contributed by atoms with Gasteiger partial charge in [0.2, 0.25) is 0 Å². The van der Waals surface area contributed by atoms with E-state index in [1.54, 1.807) is 18.3 Å². The Labute approximate surface area is 182 Å². The van der Waals surface area contributed by atoms with Crippen LogP contribution in [0.15, 0.2) is 53.1 Å². The van der Waals surface area contributed by atoms with Crippen molar-refractivity contribution in [1.82, 2.24) is 13.8 Å². The average Bonchev–Trinajstić information content (AvgIpc) is 3.45. The third-order valence-corrected chi connectivity index (χ3v) is 8.16. The van der Waals surface area contributed by atoms with Gasteiger partial charge in [0.1, 0.15) is 10.0 Å². The Morgan fingerprint density at radius 2 is 2.03 bits per heavy atom. The van der Waals surface area contributed by atoms with E-state index in [1.807, 2.05) is 10.9 Å². The number of benzene rings is 1. The smallest absolute Gasteiger partial charge is 0.303 e. The summed E-state index contributed by atoms with van der Waals surface area (Å²) in [6.45, 7) is 2.83. The number of halogens is 1. The monoisotopic (exact) mass is 461 g/mol. The van der Waals surface area contributed by atoms with Crippen molar-refractivity contribution in [3.8, 4) is 10.4 Å². The van der Waals surface area contributed by atoms with Crippen molar-refractivity contribution in [2.75, 3.05) is 0 Å². The van der Waals surface area contributed by atoms with Crippen LogP contribution in [0.2, 0.25) is 0 Å². The highest BCUT2D eigenvalue weighted by Gasteiger charge is 2.24. The minimum atomic E-state index is -3.95. The maximum Gasteiger partial charge on any atom is 0.303 e. The van der Waals surface area contributed by atoms with Crippen molar-refractivity contribution < 1.29 is 22.7 Å². The zero-order chi connectivity index (χ0) is 22.2. The van der Waals surface area contributed by atoms with Gasteiger partial charge in [-0.25, -0.2) is 8.36 Å². The van der Waals surface area contributed by atoms with Crippen LogP contribution in [0.1, 0.15) is 25.3 Å². The molecule has 4 rings (SSSR count). The van der Waals surface area contributed by atoms with E-state index in [4.69, 9.17) is 5.11 Å². The maximum atomic E-state index is 13.8. The maximum absolute atomic E-state index is 13.8. The molecule has 3 heterocycles. The van der Waals surface area contributed by atoms with Gasteiger partial charge in [-0.05, 0) is 48.7 Å². The minimum absolute atomic E-state index is 0.101. The summed E-state index contributed by atoms with van der Waals surface area (Å²) < 4.78 is 43.6. The third-order valence-electron chi connectivity index (χ3n) is 4.89. The first-order valence-electron chi connectivity index (χ1n) is 9.69. The molecule has 1 aromatic carbocycles. The van der Waals surface area contributed by atoms with Gasteiger partial charge in [0.15, 0.2) is 0 Å². The van der Waals surface area contributed by atoms with Crippen LogP contribution in [0.5, 0.6) is 0 Å². The lowest BCUT2D eigenvalue weighted by Crippen LogP contribution is -2.10. The second-order valence-corrected chi connectivity index (χ2v) is 10.2. The quantitative estimate of drug-likeness (QED) is 0.421. The lowest BCUT2D eigenvalue weighted by atomic mass is 10.1. The summed E-state index contributed by atoms with van der Waals surface area (Å²) in [5.41, 5.74) is 1.62. The van der Waals surface area contributed by atoms with Gasteiger partial charge in [0.25, 0.3) is 10.0 Å². The Morgan fingerprint density at radius 1 is 1.23 bits per heavy atom. The van der Waals surface area contributed by atoms with Gasteiger partial charge in [-0.2, -0.15) is 13.5 Å². The van der Waals surface area contributed by atoms with Gasteiger partial charge in [-0.1, -0.05) is 6.92 Å². The van der Waals surface area contributed by atoms with E-state index in [-0.39, 0.29) is 17.1 Å². The molecular weight excluding hydrogens is 441 g/mol. The first-order chi connectivity index (χ1) is 14.8. The SMILES string of the molecule is CCCn1cc(-c2ccc(S(=O)(=O)n3cc(CCC(=O)O)c4cc(F)ccc43)s2)cn1. The van der Waals surface area contributed by atoms with Crippen molar-refractivity contribution in [2.45, 2.75) is 36.9 Å². The third kappa shape index (κ3) is 4.13. The molecule has 0 spiro atoms. The first kappa shape index (κ1) is 21.3. The van der Waals surface area contributed by atoms with Crippen LogP contribution in [-0.4, -0.2) is 33.2 Å². The highest BCUT2D eigenvalue weighted by molar-refractivity contribution is 7.92. The van der Waals surface area contributed by atoms with Gasteiger partial charge < -0.3 is 5.11 Å². The number of nitrogens with zero attached hydrogens (tertiary/aromatic N) is 3. The summed E-state index contributed by atoms with van der Waals surface area (Å²) in [7, 11) is -3.95. The number of carboxylic acid groups (broad SMARTS) is 1. The van der Waals surface area contributed by atoms with Crippen LogP contribution in [0, 0.1) is 5.82 Å². The van der Waals surface area contributed by atoms with Crippen molar-refractivity contribution >= 4 is 38.2 Å². The van der Waals surface area contributed by atoms with Crippen LogP contribution in [0.4, 0.5) is 4.39 Å². The normalized spacial score (nSPS) is 11.9. The van der Waals surface area contributed by atoms with Crippen molar-refractivity contribution in [3.63, 3.8) is 0 Å². The van der Waals surface area contributed by atoms with Gasteiger partial charge in [0.05, 0.1) is 11.7 Å². The first-order valence-corrected chi connectivity index (χ1v) is 11.9. The Bertz CT molecular complexity index is 1370. The van der Waals surface area contributed by atoms with E-state index in [0.717, 1.165) is 38.7 Å². The molecule has 0 atom stereocenters. The number of hydrogen-bond donors (Lipinski definition) is 1. The van der Waals surface area contributed by atoms with E-state index in [1.165, 1.54) is 24.4 Å². The van der Waals surface area contributed by atoms with Gasteiger partial charge >= 0.3 is 5.97 Å². The molecule has 0 bridgehead atoms. The summed E-state index contributed by atoms with van der Waals surface area (Å²) in [6.07, 6.45) is 5.84. The molecule has 0 aliphatic rings. The van der Waals surface area contributed by atoms with Crippen LogP contribution < -0.4 is 0 Å². The molecule has 0 unspecified atom stereocenters. The van der Waals surface area contributed by atoms with Crippen LogP contribution in [0.3, 0.4) is 0 Å². The lowest BCUT2D eigenvalue weighted by molar-refractivity contribution is -0.136. The van der Waals surface area contributed by atoms with Crippen LogP contribution in [0.25, 0.3) is 21.3 Å². The van der Waals surface area contributed by atoms with Gasteiger partial charge in [-0.15, -0.1) is 11.3 Å². The Balaban J connectivity index is 1.75. The highest BCUT2D eigenvalue weighted by atomic mass is 32.2. The summed E-state index contributed by atoms with van der Waals surface area (Å²) in [4.78, 5) is 11.7. The van der Waals surface area contributed by atoms with Crippen LogP contribution in [-0.2, 0) is 27.8 Å². The van der Waals surface area contributed by atoms with Crippen LogP contribution >= 0.6 is 11.3 Å². The topological polar surface area (TPSA) is 94.2 Å². The molecule has 31 heavy (non-hydrogen) atoms. The Kier molecular flexibility index (Phi) is 5.67. The fourth-order valence-electron chi connectivity index (χ4n) is 3.43. The summed E-state index contributed by atoms with van der Waals surface area (Å²) in [5.74, 6) is -1.52. The fraction of sp³-hybridized carbons (Fsp3) is 0.238. The predicted octanol–water partition coefficient (Wildman–Crippen LogP) is 4.37.